The number of nitrogens with two attached hydrogens (primary N) is 1. The molecule has 1 aromatic rings. The van der Waals surface area contributed by atoms with E-state index < -0.39 is 10.0 Å². The average Bonchev–Trinajstić information content (AvgIpc) is 2.70. The maximum Gasteiger partial charge on any atom is 0.252 e. The van der Waals surface area contributed by atoms with Crippen molar-refractivity contribution in [3.05, 3.63) is 16.5 Å². The number of sulfonamides is 1. The monoisotopic (exact) mass is 302 g/mol. The maximum absolute atomic E-state index is 12.7. The number of hydrogen-bond acceptors (Lipinski definition) is 4. The maximum atomic E-state index is 12.7. The Hall–Kier alpha value is -0.430. The molecule has 2 heterocycles. The van der Waals surface area contributed by atoms with Crippen molar-refractivity contribution in [1.29, 1.82) is 0 Å². The molecule has 0 spiro atoms. The van der Waals surface area contributed by atoms with E-state index in [1.54, 1.807) is 10.4 Å². The number of rotatable bonds is 3. The van der Waals surface area contributed by atoms with Gasteiger partial charge in [0.05, 0.1) is 0 Å². The van der Waals surface area contributed by atoms with Crippen LogP contribution in [0.4, 0.5) is 0 Å². The molecule has 0 aromatic carbocycles. The zero-order valence-electron chi connectivity index (χ0n) is 11.7. The largest absolute Gasteiger partial charge is 0.326 e. The zero-order valence-corrected chi connectivity index (χ0v) is 13.4. The first-order valence-corrected chi connectivity index (χ1v) is 8.93. The van der Waals surface area contributed by atoms with Gasteiger partial charge < -0.3 is 5.73 Å². The highest BCUT2D eigenvalue weighted by molar-refractivity contribution is 7.91. The summed E-state index contributed by atoms with van der Waals surface area (Å²) < 4.78 is 27.5. The van der Waals surface area contributed by atoms with E-state index in [9.17, 15) is 8.42 Å². The summed E-state index contributed by atoms with van der Waals surface area (Å²) in [6.07, 6.45) is 1.88. The van der Waals surface area contributed by atoms with Crippen LogP contribution in [-0.4, -0.2) is 25.3 Å². The van der Waals surface area contributed by atoms with Crippen LogP contribution in [0.1, 0.15) is 37.1 Å². The van der Waals surface area contributed by atoms with E-state index in [0.717, 1.165) is 23.3 Å². The molecule has 1 fully saturated rings. The van der Waals surface area contributed by atoms with Crippen LogP contribution in [0.25, 0.3) is 0 Å². The van der Waals surface area contributed by atoms with Crippen LogP contribution in [-0.2, 0) is 16.6 Å². The Kier molecular flexibility index (Phi) is 4.35. The lowest BCUT2D eigenvalue weighted by Crippen LogP contribution is -2.43. The summed E-state index contributed by atoms with van der Waals surface area (Å²) in [5.74, 6) is 0.603. The predicted octanol–water partition coefficient (Wildman–Crippen LogP) is 2.32. The van der Waals surface area contributed by atoms with Crippen molar-refractivity contribution in [2.75, 3.05) is 6.54 Å². The van der Waals surface area contributed by atoms with Gasteiger partial charge in [0.25, 0.3) is 10.0 Å². The molecule has 1 aliphatic rings. The van der Waals surface area contributed by atoms with Crippen molar-refractivity contribution in [3.8, 4) is 0 Å². The first-order chi connectivity index (χ1) is 8.86. The van der Waals surface area contributed by atoms with Gasteiger partial charge in [-0.1, -0.05) is 6.92 Å². The fraction of sp³-hybridized carbons (Fsp3) is 0.692. The Balaban J connectivity index is 2.31. The van der Waals surface area contributed by atoms with Crippen LogP contribution in [0, 0.1) is 12.8 Å². The minimum absolute atomic E-state index is 0.0810. The van der Waals surface area contributed by atoms with E-state index in [-0.39, 0.29) is 6.04 Å². The lowest BCUT2D eigenvalue weighted by Gasteiger charge is -2.35. The Morgan fingerprint density at radius 2 is 2.16 bits per heavy atom. The van der Waals surface area contributed by atoms with Crippen molar-refractivity contribution in [2.24, 2.45) is 11.7 Å². The van der Waals surface area contributed by atoms with E-state index in [1.165, 1.54) is 11.3 Å². The van der Waals surface area contributed by atoms with E-state index in [1.807, 2.05) is 13.8 Å². The Morgan fingerprint density at radius 1 is 1.47 bits per heavy atom. The summed E-state index contributed by atoms with van der Waals surface area (Å²) in [5.41, 5.74) is 6.61. The van der Waals surface area contributed by atoms with Crippen molar-refractivity contribution in [2.45, 2.75) is 50.4 Å². The van der Waals surface area contributed by atoms with Crippen LogP contribution in [0.5, 0.6) is 0 Å². The lowest BCUT2D eigenvalue weighted by molar-refractivity contribution is 0.220. The van der Waals surface area contributed by atoms with Crippen LogP contribution in [0.2, 0.25) is 0 Å². The molecule has 108 valence electrons. The smallest absolute Gasteiger partial charge is 0.252 e. The highest BCUT2D eigenvalue weighted by Gasteiger charge is 2.34. The predicted molar refractivity (Wildman–Crippen MR) is 78.7 cm³/mol. The van der Waals surface area contributed by atoms with E-state index in [4.69, 9.17) is 5.73 Å². The van der Waals surface area contributed by atoms with Gasteiger partial charge in [0.15, 0.2) is 0 Å². The molecule has 6 heteroatoms. The van der Waals surface area contributed by atoms with Crippen molar-refractivity contribution < 1.29 is 8.42 Å². The number of nitrogens with zero attached hydrogens (tertiary/aromatic N) is 1. The molecule has 1 aliphatic heterocycles. The minimum Gasteiger partial charge on any atom is -0.326 e. The molecule has 0 amide bonds. The van der Waals surface area contributed by atoms with Gasteiger partial charge >= 0.3 is 0 Å². The van der Waals surface area contributed by atoms with Gasteiger partial charge in [-0.25, -0.2) is 8.42 Å². The molecule has 4 nitrogen and oxygen atoms in total. The number of thiophene rings is 1. The standard InChI is InChI=1S/C13H22N2O2S2/c1-9-4-5-15(11(3)6-9)19(16,17)13-7-10(2)12(8-14)18-13/h7,9,11H,4-6,8,14H2,1-3H3. The quantitative estimate of drug-likeness (QED) is 0.932. The average molecular weight is 302 g/mol. The van der Waals surface area contributed by atoms with Gasteiger partial charge in [0.1, 0.15) is 4.21 Å². The topological polar surface area (TPSA) is 63.4 Å². The van der Waals surface area contributed by atoms with Crippen LogP contribution >= 0.6 is 11.3 Å². The number of piperidine rings is 1. The first kappa shape index (κ1) is 15.0. The fourth-order valence-corrected chi connectivity index (χ4v) is 5.93. The van der Waals surface area contributed by atoms with Crippen molar-refractivity contribution in [3.63, 3.8) is 0 Å². The summed E-state index contributed by atoms with van der Waals surface area (Å²) in [6.45, 7) is 7.12. The summed E-state index contributed by atoms with van der Waals surface area (Å²) >= 11 is 1.31. The Morgan fingerprint density at radius 3 is 2.68 bits per heavy atom. The molecule has 1 saturated heterocycles. The molecule has 2 atom stereocenters. The van der Waals surface area contributed by atoms with E-state index in [0.29, 0.717) is 23.2 Å². The molecule has 0 aliphatic carbocycles. The molecular formula is C13H22N2O2S2. The third kappa shape index (κ3) is 2.86. The van der Waals surface area contributed by atoms with Gasteiger partial charge in [-0.3, -0.25) is 0 Å². The zero-order chi connectivity index (χ0) is 14.2. The molecule has 0 radical (unpaired) electrons. The number of aryl methyl sites for hydroxylation is 1. The summed E-state index contributed by atoms with van der Waals surface area (Å²) in [6, 6.07) is 1.84. The normalized spacial score (nSPS) is 25.7. The molecule has 0 saturated carbocycles. The Labute approximate surface area is 119 Å². The molecule has 2 unspecified atom stereocenters. The van der Waals surface area contributed by atoms with Gasteiger partial charge in [-0.15, -0.1) is 11.3 Å². The summed E-state index contributed by atoms with van der Waals surface area (Å²) in [7, 11) is -3.35. The second-order valence-corrected chi connectivity index (χ2v) is 8.72. The molecule has 1 aromatic heterocycles. The third-order valence-electron chi connectivity index (χ3n) is 3.82. The van der Waals surface area contributed by atoms with Crippen LogP contribution in [0.3, 0.4) is 0 Å². The Bertz CT molecular complexity index is 551. The highest BCUT2D eigenvalue weighted by Crippen LogP contribution is 2.32. The highest BCUT2D eigenvalue weighted by atomic mass is 32.2. The number of hydrogen-bond donors (Lipinski definition) is 1. The van der Waals surface area contributed by atoms with E-state index in [2.05, 4.69) is 6.92 Å². The summed E-state index contributed by atoms with van der Waals surface area (Å²) in [5, 5.41) is 0. The van der Waals surface area contributed by atoms with Gasteiger partial charge in [-0.05, 0) is 44.2 Å². The molecule has 0 bridgehead atoms. The molecular weight excluding hydrogens is 280 g/mol. The summed E-state index contributed by atoms with van der Waals surface area (Å²) in [4.78, 5) is 0.955. The van der Waals surface area contributed by atoms with Crippen LogP contribution < -0.4 is 5.73 Å². The van der Waals surface area contributed by atoms with Gasteiger partial charge in [0.2, 0.25) is 0 Å². The molecule has 19 heavy (non-hydrogen) atoms. The fourth-order valence-electron chi connectivity index (χ4n) is 2.68. The third-order valence-corrected chi connectivity index (χ3v) is 7.55. The molecule has 2 N–H and O–H groups in total. The second kappa shape index (κ2) is 5.52. The van der Waals surface area contributed by atoms with Crippen molar-refractivity contribution in [1.82, 2.24) is 4.31 Å². The minimum atomic E-state index is -3.35. The van der Waals surface area contributed by atoms with Gasteiger partial charge in [0, 0.05) is 24.0 Å². The van der Waals surface area contributed by atoms with Crippen LogP contribution in [0.15, 0.2) is 10.3 Å². The first-order valence-electron chi connectivity index (χ1n) is 6.67. The second-order valence-electron chi connectivity index (χ2n) is 5.47. The van der Waals surface area contributed by atoms with Crippen molar-refractivity contribution >= 4 is 21.4 Å². The van der Waals surface area contributed by atoms with Gasteiger partial charge in [-0.2, -0.15) is 4.31 Å². The molecule has 2 rings (SSSR count). The lowest BCUT2D eigenvalue weighted by atomic mass is 9.95. The van der Waals surface area contributed by atoms with E-state index >= 15 is 0 Å². The SMILES string of the molecule is Cc1cc(S(=O)(=O)N2CCC(C)CC2C)sc1CN.